The lowest BCUT2D eigenvalue weighted by Crippen LogP contribution is -2.21. The Labute approximate surface area is 124 Å². The molecule has 0 unspecified atom stereocenters. The van der Waals surface area contributed by atoms with Gasteiger partial charge in [-0.15, -0.1) is 0 Å². The third-order valence-corrected chi connectivity index (χ3v) is 6.61. The first-order chi connectivity index (χ1) is 9.72. The Balaban J connectivity index is 1.90. The van der Waals surface area contributed by atoms with Crippen molar-refractivity contribution in [2.24, 2.45) is 0 Å². The van der Waals surface area contributed by atoms with Gasteiger partial charge in [0, 0.05) is 0 Å². The normalized spacial score (nSPS) is 23.1. The van der Waals surface area contributed by atoms with Crippen LogP contribution in [0.1, 0.15) is 84.0 Å². The van der Waals surface area contributed by atoms with Crippen LogP contribution in [0.4, 0.5) is 0 Å². The van der Waals surface area contributed by atoms with Gasteiger partial charge in [0.15, 0.2) is 0 Å². The van der Waals surface area contributed by atoms with Crippen molar-refractivity contribution in [1.82, 2.24) is 0 Å². The first-order valence-electron chi connectivity index (χ1n) is 8.68. The van der Waals surface area contributed by atoms with E-state index in [-0.39, 0.29) is 12.2 Å². The van der Waals surface area contributed by atoms with Crippen LogP contribution in [-0.2, 0) is 13.6 Å². The highest BCUT2D eigenvalue weighted by molar-refractivity contribution is 7.53. The van der Waals surface area contributed by atoms with E-state index >= 15 is 0 Å². The third-order valence-electron chi connectivity index (χ3n) is 4.51. The number of rotatable bonds is 7. The molecule has 0 aromatic carbocycles. The third kappa shape index (κ3) is 5.50. The zero-order valence-electron chi connectivity index (χ0n) is 13.0. The summed E-state index contributed by atoms with van der Waals surface area (Å²) in [6.07, 6.45) is 14.6. The van der Waals surface area contributed by atoms with Crippen molar-refractivity contribution >= 4 is 7.60 Å². The molecular weight excluding hydrogens is 271 g/mol. The fraction of sp³-hybridized carbons (Fsp3) is 1.00. The van der Waals surface area contributed by atoms with Gasteiger partial charge in [0.25, 0.3) is 0 Å². The summed E-state index contributed by atoms with van der Waals surface area (Å²) in [7, 11) is -2.87. The molecule has 4 heteroatoms. The SMILES string of the molecule is CCCCP(=O)(OC1CCCCC1)OC1CCCCC1. The van der Waals surface area contributed by atoms with Gasteiger partial charge in [0.1, 0.15) is 0 Å². The van der Waals surface area contributed by atoms with Crippen LogP contribution in [0.2, 0.25) is 0 Å². The number of hydrogen-bond acceptors (Lipinski definition) is 3. The Hall–Kier alpha value is 0.150. The molecule has 2 aliphatic carbocycles. The predicted molar refractivity (Wildman–Crippen MR) is 83.3 cm³/mol. The largest absolute Gasteiger partial charge is 0.331 e. The van der Waals surface area contributed by atoms with E-state index in [0.717, 1.165) is 38.5 Å². The van der Waals surface area contributed by atoms with Gasteiger partial charge in [-0.3, -0.25) is 4.57 Å². The molecule has 0 heterocycles. The lowest BCUT2D eigenvalue weighted by Gasteiger charge is -2.31. The summed E-state index contributed by atoms with van der Waals surface area (Å²) >= 11 is 0. The van der Waals surface area contributed by atoms with E-state index in [1.165, 1.54) is 38.5 Å². The van der Waals surface area contributed by atoms with Crippen LogP contribution >= 0.6 is 7.60 Å². The van der Waals surface area contributed by atoms with Crippen LogP contribution in [0.15, 0.2) is 0 Å². The zero-order chi connectivity index (χ0) is 14.3. The van der Waals surface area contributed by atoms with Crippen LogP contribution in [0.25, 0.3) is 0 Å². The van der Waals surface area contributed by atoms with Crippen LogP contribution in [0.3, 0.4) is 0 Å². The maximum absolute atomic E-state index is 13.1. The van der Waals surface area contributed by atoms with Gasteiger partial charge < -0.3 is 9.05 Å². The summed E-state index contributed by atoms with van der Waals surface area (Å²) in [5, 5.41) is 0. The summed E-state index contributed by atoms with van der Waals surface area (Å²) in [6.45, 7) is 2.13. The average molecular weight is 302 g/mol. The molecule has 2 fully saturated rings. The molecule has 0 aromatic heterocycles. The molecule has 0 aromatic rings. The van der Waals surface area contributed by atoms with Crippen molar-refractivity contribution in [1.29, 1.82) is 0 Å². The average Bonchev–Trinajstić information content (AvgIpc) is 2.47. The molecule has 0 atom stereocenters. The maximum Gasteiger partial charge on any atom is 0.331 e. The van der Waals surface area contributed by atoms with E-state index in [1.807, 2.05) is 0 Å². The van der Waals surface area contributed by atoms with E-state index in [0.29, 0.717) is 6.16 Å². The van der Waals surface area contributed by atoms with Gasteiger partial charge >= 0.3 is 7.60 Å². The molecule has 2 saturated carbocycles. The molecule has 3 nitrogen and oxygen atoms in total. The fourth-order valence-electron chi connectivity index (χ4n) is 3.28. The smallest absolute Gasteiger partial charge is 0.305 e. The molecule has 0 radical (unpaired) electrons. The van der Waals surface area contributed by atoms with E-state index < -0.39 is 7.60 Å². The van der Waals surface area contributed by atoms with Crippen LogP contribution in [0, 0.1) is 0 Å². The van der Waals surface area contributed by atoms with Gasteiger partial charge in [0.05, 0.1) is 18.4 Å². The van der Waals surface area contributed by atoms with Gasteiger partial charge in [-0.2, -0.15) is 0 Å². The molecular formula is C16H31O3P. The van der Waals surface area contributed by atoms with Gasteiger partial charge in [-0.1, -0.05) is 51.9 Å². The zero-order valence-corrected chi connectivity index (χ0v) is 13.9. The molecule has 0 amide bonds. The Kier molecular flexibility index (Phi) is 7.07. The van der Waals surface area contributed by atoms with Crippen molar-refractivity contribution in [3.63, 3.8) is 0 Å². The second kappa shape index (κ2) is 8.56. The van der Waals surface area contributed by atoms with Crippen molar-refractivity contribution in [3.05, 3.63) is 0 Å². The van der Waals surface area contributed by atoms with Gasteiger partial charge in [-0.05, 0) is 32.1 Å². The molecule has 118 valence electrons. The second-order valence-electron chi connectivity index (χ2n) is 6.42. The molecule has 2 rings (SSSR count). The summed E-state index contributed by atoms with van der Waals surface area (Å²) in [5.41, 5.74) is 0. The summed E-state index contributed by atoms with van der Waals surface area (Å²) < 4.78 is 25.1. The molecule has 20 heavy (non-hydrogen) atoms. The number of hydrogen-bond donors (Lipinski definition) is 0. The topological polar surface area (TPSA) is 35.5 Å². The quantitative estimate of drug-likeness (QED) is 0.568. The molecule has 0 N–H and O–H groups in total. The first-order valence-corrected chi connectivity index (χ1v) is 10.4. The second-order valence-corrected chi connectivity index (χ2v) is 8.51. The maximum atomic E-state index is 13.1. The van der Waals surface area contributed by atoms with E-state index in [9.17, 15) is 4.57 Å². The molecule has 0 saturated heterocycles. The van der Waals surface area contributed by atoms with Crippen LogP contribution < -0.4 is 0 Å². The van der Waals surface area contributed by atoms with Gasteiger partial charge in [-0.25, -0.2) is 0 Å². The molecule has 0 spiro atoms. The highest BCUT2D eigenvalue weighted by Crippen LogP contribution is 2.53. The van der Waals surface area contributed by atoms with Crippen LogP contribution in [-0.4, -0.2) is 18.4 Å². The predicted octanol–water partition coefficient (Wildman–Crippen LogP) is 5.68. The fourth-order valence-corrected chi connectivity index (χ4v) is 5.57. The van der Waals surface area contributed by atoms with E-state index in [1.54, 1.807) is 0 Å². The van der Waals surface area contributed by atoms with Crippen LogP contribution in [0.5, 0.6) is 0 Å². The Morgan fingerprint density at radius 3 is 1.70 bits per heavy atom. The Bertz CT molecular complexity index is 283. The minimum absolute atomic E-state index is 0.176. The minimum Gasteiger partial charge on any atom is -0.305 e. The van der Waals surface area contributed by atoms with Crippen molar-refractivity contribution in [2.45, 2.75) is 96.2 Å². The van der Waals surface area contributed by atoms with Gasteiger partial charge in [0.2, 0.25) is 0 Å². The molecule has 0 aliphatic heterocycles. The van der Waals surface area contributed by atoms with Crippen molar-refractivity contribution in [2.75, 3.05) is 6.16 Å². The highest BCUT2D eigenvalue weighted by Gasteiger charge is 2.32. The summed E-state index contributed by atoms with van der Waals surface area (Å²) in [5.74, 6) is 0. The van der Waals surface area contributed by atoms with E-state index in [4.69, 9.17) is 9.05 Å². The highest BCUT2D eigenvalue weighted by atomic mass is 31.2. The van der Waals surface area contributed by atoms with Crippen molar-refractivity contribution < 1.29 is 13.6 Å². The lowest BCUT2D eigenvalue weighted by atomic mass is 9.98. The molecule has 0 bridgehead atoms. The number of unbranched alkanes of at least 4 members (excludes halogenated alkanes) is 1. The minimum atomic E-state index is -2.87. The standard InChI is InChI=1S/C16H31O3P/c1-2-3-14-20(17,18-15-10-6-4-7-11-15)19-16-12-8-5-9-13-16/h15-16H,2-14H2,1H3. The van der Waals surface area contributed by atoms with Crippen molar-refractivity contribution in [3.8, 4) is 0 Å². The Morgan fingerprint density at radius 2 is 1.30 bits per heavy atom. The summed E-state index contributed by atoms with van der Waals surface area (Å²) in [4.78, 5) is 0. The lowest BCUT2D eigenvalue weighted by molar-refractivity contribution is 0.0789. The molecule has 2 aliphatic rings. The summed E-state index contributed by atoms with van der Waals surface area (Å²) in [6, 6.07) is 0. The monoisotopic (exact) mass is 302 g/mol. The Morgan fingerprint density at radius 1 is 0.850 bits per heavy atom. The first kappa shape index (κ1) is 16.5. The van der Waals surface area contributed by atoms with E-state index in [2.05, 4.69) is 6.92 Å².